The molecule has 1 aromatic heterocycles. The molecule has 0 aliphatic heterocycles. The summed E-state index contributed by atoms with van der Waals surface area (Å²) in [5.74, 6) is 0.327. The summed E-state index contributed by atoms with van der Waals surface area (Å²) in [6, 6.07) is 3.34. The highest BCUT2D eigenvalue weighted by atomic mass is 79.9. The van der Waals surface area contributed by atoms with Gasteiger partial charge in [-0.3, -0.25) is 0 Å². The number of rotatable bonds is 4. The second-order valence-electron chi connectivity index (χ2n) is 5.35. The van der Waals surface area contributed by atoms with Crippen molar-refractivity contribution in [1.29, 1.82) is 0 Å². The fourth-order valence-corrected chi connectivity index (χ4v) is 2.93. The van der Waals surface area contributed by atoms with E-state index in [9.17, 15) is 4.79 Å². The molecule has 0 aromatic carbocycles. The third-order valence-corrected chi connectivity index (χ3v) is 3.90. The van der Waals surface area contributed by atoms with Gasteiger partial charge in [-0.05, 0) is 61.4 Å². The largest absolute Gasteiger partial charge is 0.456 e. The third-order valence-electron chi connectivity index (χ3n) is 3.47. The van der Waals surface area contributed by atoms with Crippen molar-refractivity contribution in [3.05, 3.63) is 22.6 Å². The molecule has 1 aromatic rings. The van der Waals surface area contributed by atoms with Crippen molar-refractivity contribution in [3.63, 3.8) is 0 Å². The summed E-state index contributed by atoms with van der Waals surface area (Å²) in [4.78, 5) is 14.2. The molecule has 0 N–H and O–H groups in total. The Labute approximate surface area is 122 Å². The molecule has 1 fully saturated rings. The molecular formula is C14H20BrNO3. The Bertz CT molecular complexity index is 430. The summed E-state index contributed by atoms with van der Waals surface area (Å²) in [6.07, 6.45) is 4.43. The second-order valence-corrected chi connectivity index (χ2v) is 6.14. The minimum Gasteiger partial charge on any atom is -0.456 e. The Balaban J connectivity index is 1.97. The number of furan rings is 1. The molecule has 2 rings (SSSR count). The van der Waals surface area contributed by atoms with Crippen molar-refractivity contribution in [3.8, 4) is 0 Å². The highest BCUT2D eigenvalue weighted by Gasteiger charge is 2.29. The molecule has 106 valence electrons. The molecule has 0 spiro atoms. The Morgan fingerprint density at radius 2 is 2.16 bits per heavy atom. The van der Waals surface area contributed by atoms with Gasteiger partial charge in [0.15, 0.2) is 4.67 Å². The van der Waals surface area contributed by atoms with E-state index in [2.05, 4.69) is 34.9 Å². The van der Waals surface area contributed by atoms with Crippen LogP contribution in [0.1, 0.15) is 36.2 Å². The Morgan fingerprint density at radius 1 is 1.42 bits per heavy atom. The fraction of sp³-hybridized carbons (Fsp3) is 0.643. The van der Waals surface area contributed by atoms with Gasteiger partial charge in [-0.25, -0.2) is 4.79 Å². The van der Waals surface area contributed by atoms with Gasteiger partial charge in [0.05, 0.1) is 0 Å². The Kier molecular flexibility index (Phi) is 5.05. The normalized spacial score (nSPS) is 23.6. The van der Waals surface area contributed by atoms with Crippen molar-refractivity contribution in [2.24, 2.45) is 5.92 Å². The zero-order valence-corrected chi connectivity index (χ0v) is 13.0. The van der Waals surface area contributed by atoms with Crippen LogP contribution in [0.2, 0.25) is 0 Å². The lowest BCUT2D eigenvalue weighted by Gasteiger charge is -2.32. The summed E-state index contributed by atoms with van der Waals surface area (Å²) in [7, 11) is 4.11. The maximum absolute atomic E-state index is 12.0. The van der Waals surface area contributed by atoms with E-state index in [0.717, 1.165) is 25.8 Å². The second kappa shape index (κ2) is 6.57. The molecule has 0 bridgehead atoms. The quantitative estimate of drug-likeness (QED) is 0.795. The van der Waals surface area contributed by atoms with E-state index in [4.69, 9.17) is 9.15 Å². The molecule has 1 heterocycles. The SMILES string of the molecule is CN(C)C[C@@H]1CCCC[C@@H]1OC(=O)c1ccc(Br)o1. The van der Waals surface area contributed by atoms with E-state index in [1.807, 2.05) is 0 Å². The molecule has 4 nitrogen and oxygen atoms in total. The summed E-state index contributed by atoms with van der Waals surface area (Å²) in [5.41, 5.74) is 0. The lowest BCUT2D eigenvalue weighted by Crippen LogP contribution is -2.36. The molecule has 0 saturated heterocycles. The maximum Gasteiger partial charge on any atom is 0.374 e. The molecule has 1 aliphatic rings. The van der Waals surface area contributed by atoms with Gasteiger partial charge in [-0.1, -0.05) is 6.42 Å². The monoisotopic (exact) mass is 329 g/mol. The number of halogens is 1. The van der Waals surface area contributed by atoms with Gasteiger partial charge in [0, 0.05) is 12.5 Å². The smallest absolute Gasteiger partial charge is 0.374 e. The average molecular weight is 330 g/mol. The molecule has 19 heavy (non-hydrogen) atoms. The predicted octanol–water partition coefficient (Wildman–Crippen LogP) is 3.32. The Morgan fingerprint density at radius 3 is 2.79 bits per heavy atom. The van der Waals surface area contributed by atoms with E-state index in [-0.39, 0.29) is 17.8 Å². The van der Waals surface area contributed by atoms with Crippen LogP contribution in [-0.2, 0) is 4.74 Å². The number of ether oxygens (including phenoxy) is 1. The number of carbonyl (C=O) groups is 1. The average Bonchev–Trinajstić information content (AvgIpc) is 2.78. The van der Waals surface area contributed by atoms with Gasteiger partial charge in [0.25, 0.3) is 0 Å². The molecule has 5 heteroatoms. The standard InChI is InChI=1S/C14H20BrNO3/c1-16(2)9-10-5-3-4-6-11(10)19-14(17)12-7-8-13(15)18-12/h7-8,10-11H,3-6,9H2,1-2H3/t10-,11-/m0/s1. The van der Waals surface area contributed by atoms with E-state index in [1.165, 1.54) is 6.42 Å². The Hall–Kier alpha value is -0.810. The number of hydrogen-bond donors (Lipinski definition) is 0. The van der Waals surface area contributed by atoms with Crippen LogP contribution >= 0.6 is 15.9 Å². The zero-order chi connectivity index (χ0) is 13.8. The molecule has 2 atom stereocenters. The van der Waals surface area contributed by atoms with Gasteiger partial charge in [-0.2, -0.15) is 0 Å². The first-order valence-corrected chi connectivity index (χ1v) is 7.46. The van der Waals surface area contributed by atoms with E-state index >= 15 is 0 Å². The van der Waals surface area contributed by atoms with Crippen molar-refractivity contribution < 1.29 is 13.9 Å². The number of carbonyl (C=O) groups excluding carboxylic acids is 1. The number of nitrogens with zero attached hydrogens (tertiary/aromatic N) is 1. The van der Waals surface area contributed by atoms with Crippen molar-refractivity contribution >= 4 is 21.9 Å². The van der Waals surface area contributed by atoms with Crippen LogP contribution in [0.3, 0.4) is 0 Å². The summed E-state index contributed by atoms with van der Waals surface area (Å²) < 4.78 is 11.4. The molecular weight excluding hydrogens is 310 g/mol. The van der Waals surface area contributed by atoms with Gasteiger partial charge in [0.2, 0.25) is 5.76 Å². The summed E-state index contributed by atoms with van der Waals surface area (Å²) >= 11 is 3.19. The first kappa shape index (κ1) is 14.6. The summed E-state index contributed by atoms with van der Waals surface area (Å²) in [6.45, 7) is 0.958. The molecule has 0 radical (unpaired) electrons. The topological polar surface area (TPSA) is 42.7 Å². The highest BCUT2D eigenvalue weighted by molar-refractivity contribution is 9.10. The van der Waals surface area contributed by atoms with Crippen LogP contribution in [0.4, 0.5) is 0 Å². The van der Waals surface area contributed by atoms with Crippen molar-refractivity contribution in [2.45, 2.75) is 31.8 Å². The van der Waals surface area contributed by atoms with E-state index in [1.54, 1.807) is 12.1 Å². The van der Waals surface area contributed by atoms with Crippen molar-refractivity contribution in [2.75, 3.05) is 20.6 Å². The fourth-order valence-electron chi connectivity index (χ4n) is 2.63. The van der Waals surface area contributed by atoms with Crippen LogP contribution in [0.25, 0.3) is 0 Å². The minimum atomic E-state index is -0.360. The minimum absolute atomic E-state index is 0.00697. The van der Waals surface area contributed by atoms with E-state index in [0.29, 0.717) is 10.6 Å². The molecule has 1 aliphatic carbocycles. The molecule has 1 saturated carbocycles. The van der Waals surface area contributed by atoms with Gasteiger partial charge in [-0.15, -0.1) is 0 Å². The maximum atomic E-state index is 12.0. The van der Waals surface area contributed by atoms with E-state index < -0.39 is 0 Å². The van der Waals surface area contributed by atoms with Gasteiger partial charge < -0.3 is 14.1 Å². The first-order chi connectivity index (χ1) is 9.06. The molecule has 0 unspecified atom stereocenters. The van der Waals surface area contributed by atoms with Gasteiger partial charge >= 0.3 is 5.97 Å². The third kappa shape index (κ3) is 4.08. The van der Waals surface area contributed by atoms with Gasteiger partial charge in [0.1, 0.15) is 6.10 Å². The van der Waals surface area contributed by atoms with Crippen LogP contribution in [0, 0.1) is 5.92 Å². The zero-order valence-electron chi connectivity index (χ0n) is 11.4. The lowest BCUT2D eigenvalue weighted by molar-refractivity contribution is -0.00615. The lowest BCUT2D eigenvalue weighted by atomic mass is 9.86. The van der Waals surface area contributed by atoms with Crippen LogP contribution in [-0.4, -0.2) is 37.6 Å². The molecule has 0 amide bonds. The van der Waals surface area contributed by atoms with Crippen LogP contribution in [0.15, 0.2) is 21.2 Å². The highest BCUT2D eigenvalue weighted by Crippen LogP contribution is 2.28. The summed E-state index contributed by atoms with van der Waals surface area (Å²) in [5, 5.41) is 0. The van der Waals surface area contributed by atoms with Crippen LogP contribution < -0.4 is 0 Å². The first-order valence-electron chi connectivity index (χ1n) is 6.67. The van der Waals surface area contributed by atoms with Crippen LogP contribution in [0.5, 0.6) is 0 Å². The number of hydrogen-bond acceptors (Lipinski definition) is 4. The number of esters is 1. The predicted molar refractivity (Wildman–Crippen MR) is 76.1 cm³/mol. The van der Waals surface area contributed by atoms with Crippen molar-refractivity contribution in [1.82, 2.24) is 4.90 Å².